The number of para-hydroxylation sites is 1. The smallest absolute Gasteiger partial charge is 0.270 e. The van der Waals surface area contributed by atoms with Crippen molar-refractivity contribution < 1.29 is 9.32 Å². The summed E-state index contributed by atoms with van der Waals surface area (Å²) in [5.74, 6) is 1.67. The van der Waals surface area contributed by atoms with E-state index in [-0.39, 0.29) is 5.91 Å². The predicted octanol–water partition coefficient (Wildman–Crippen LogP) is 4.37. The number of carbonyl (C=O) groups excluding carboxylic acids is 1. The topological polar surface area (TPSA) is 75.0 Å². The fourth-order valence-corrected chi connectivity index (χ4v) is 4.50. The molecule has 1 N–H and O–H groups in total. The molecule has 0 aliphatic carbocycles. The zero-order valence-electron chi connectivity index (χ0n) is 15.3. The number of fused-ring (bicyclic) bond motifs is 1. The average molecular weight is 392 g/mol. The second-order valence-corrected chi connectivity index (χ2v) is 8.04. The van der Waals surface area contributed by atoms with Crippen molar-refractivity contribution in [3.63, 3.8) is 0 Å². The van der Waals surface area contributed by atoms with Gasteiger partial charge >= 0.3 is 0 Å². The van der Waals surface area contributed by atoms with Gasteiger partial charge in [0.1, 0.15) is 5.69 Å². The number of hydrogen-bond acceptors (Lipinski definition) is 5. The number of likely N-dealkylation sites (tertiary alicyclic amines) is 1. The van der Waals surface area contributed by atoms with Crippen molar-refractivity contribution in [2.75, 3.05) is 13.1 Å². The van der Waals surface area contributed by atoms with Crippen LogP contribution in [-0.2, 0) is 6.42 Å². The molecule has 1 aliphatic heterocycles. The van der Waals surface area contributed by atoms with Crippen LogP contribution in [0.4, 0.5) is 0 Å². The van der Waals surface area contributed by atoms with E-state index in [9.17, 15) is 4.79 Å². The van der Waals surface area contributed by atoms with Crippen molar-refractivity contribution in [2.45, 2.75) is 19.3 Å². The van der Waals surface area contributed by atoms with E-state index in [1.807, 2.05) is 52.1 Å². The summed E-state index contributed by atoms with van der Waals surface area (Å²) in [7, 11) is 0. The Kier molecular flexibility index (Phi) is 4.44. The summed E-state index contributed by atoms with van der Waals surface area (Å²) in [5.41, 5.74) is 2.63. The molecule has 0 bridgehead atoms. The minimum Gasteiger partial charge on any atom is -0.351 e. The summed E-state index contributed by atoms with van der Waals surface area (Å²) < 4.78 is 5.45. The molecule has 3 aromatic heterocycles. The Morgan fingerprint density at radius 1 is 1.32 bits per heavy atom. The predicted molar refractivity (Wildman–Crippen MR) is 108 cm³/mol. The fourth-order valence-electron chi connectivity index (χ4n) is 3.87. The maximum Gasteiger partial charge on any atom is 0.270 e. The molecular weight excluding hydrogens is 372 g/mol. The average Bonchev–Trinajstić information content (AvgIpc) is 3.47. The summed E-state index contributed by atoms with van der Waals surface area (Å²) >= 11 is 1.61. The van der Waals surface area contributed by atoms with Crippen molar-refractivity contribution in [3.8, 4) is 11.4 Å². The Bertz CT molecular complexity index is 1070. The van der Waals surface area contributed by atoms with Gasteiger partial charge in [-0.25, -0.2) is 0 Å². The number of aromatic nitrogens is 3. The molecule has 4 heterocycles. The Balaban J connectivity index is 1.27. The van der Waals surface area contributed by atoms with Crippen LogP contribution in [0.5, 0.6) is 0 Å². The zero-order valence-corrected chi connectivity index (χ0v) is 16.1. The van der Waals surface area contributed by atoms with E-state index in [4.69, 9.17) is 4.52 Å². The van der Waals surface area contributed by atoms with Crippen LogP contribution >= 0.6 is 11.3 Å². The van der Waals surface area contributed by atoms with Crippen LogP contribution in [-0.4, -0.2) is 39.0 Å². The van der Waals surface area contributed by atoms with Crippen molar-refractivity contribution in [2.24, 2.45) is 5.92 Å². The van der Waals surface area contributed by atoms with Gasteiger partial charge in [-0.15, -0.1) is 0 Å². The maximum absolute atomic E-state index is 13.0. The standard InChI is InChI=1S/C21H20N4O2S/c26-21(18-11-15-5-1-2-6-17(15)22-18)25-8-3-4-14(12-25)10-19-23-20(24-27-19)16-7-9-28-13-16/h1-2,5-7,9,11,13-14,22H,3-4,8,10,12H2. The number of rotatable bonds is 4. The lowest BCUT2D eigenvalue weighted by Gasteiger charge is -2.31. The first kappa shape index (κ1) is 17.2. The zero-order chi connectivity index (χ0) is 18.9. The third-order valence-electron chi connectivity index (χ3n) is 5.28. The van der Waals surface area contributed by atoms with Crippen LogP contribution in [0.2, 0.25) is 0 Å². The quantitative estimate of drug-likeness (QED) is 0.559. The van der Waals surface area contributed by atoms with E-state index in [0.29, 0.717) is 36.3 Å². The van der Waals surface area contributed by atoms with Gasteiger partial charge in [0.15, 0.2) is 0 Å². The van der Waals surface area contributed by atoms with Crippen LogP contribution in [0, 0.1) is 5.92 Å². The van der Waals surface area contributed by atoms with Gasteiger partial charge in [0.05, 0.1) is 0 Å². The van der Waals surface area contributed by atoms with Crippen LogP contribution in [0.1, 0.15) is 29.2 Å². The third-order valence-corrected chi connectivity index (χ3v) is 5.96. The number of piperidine rings is 1. The molecule has 1 fully saturated rings. The maximum atomic E-state index is 13.0. The Morgan fingerprint density at radius 2 is 2.25 bits per heavy atom. The van der Waals surface area contributed by atoms with Crippen molar-refractivity contribution >= 4 is 28.1 Å². The minimum atomic E-state index is 0.0605. The van der Waals surface area contributed by atoms with Crippen molar-refractivity contribution in [3.05, 3.63) is 58.7 Å². The van der Waals surface area contributed by atoms with Crippen molar-refractivity contribution in [1.29, 1.82) is 0 Å². The number of aromatic amines is 1. The normalized spacial score (nSPS) is 17.3. The van der Waals surface area contributed by atoms with E-state index in [2.05, 4.69) is 15.1 Å². The highest BCUT2D eigenvalue weighted by Crippen LogP contribution is 2.25. The van der Waals surface area contributed by atoms with Gasteiger partial charge in [0.2, 0.25) is 11.7 Å². The number of hydrogen-bond donors (Lipinski definition) is 1. The molecule has 0 radical (unpaired) electrons. The molecule has 0 spiro atoms. The number of H-pyrrole nitrogens is 1. The fraction of sp³-hybridized carbons (Fsp3) is 0.286. The number of amides is 1. The lowest BCUT2D eigenvalue weighted by atomic mass is 9.94. The monoisotopic (exact) mass is 392 g/mol. The van der Waals surface area contributed by atoms with Crippen molar-refractivity contribution in [1.82, 2.24) is 20.0 Å². The highest BCUT2D eigenvalue weighted by Gasteiger charge is 2.27. The van der Waals surface area contributed by atoms with Gasteiger partial charge in [-0.05, 0) is 42.3 Å². The minimum absolute atomic E-state index is 0.0605. The molecule has 7 heteroatoms. The SMILES string of the molecule is O=C(c1cc2ccccc2[nH]1)N1CCCC(Cc2nc(-c3ccsc3)no2)C1. The summed E-state index contributed by atoms with van der Waals surface area (Å²) in [6.45, 7) is 1.50. The number of thiophene rings is 1. The summed E-state index contributed by atoms with van der Waals surface area (Å²) in [6.07, 6.45) is 2.75. The first-order chi connectivity index (χ1) is 13.8. The van der Waals surface area contributed by atoms with Gasteiger partial charge in [-0.2, -0.15) is 16.3 Å². The Morgan fingerprint density at radius 3 is 3.11 bits per heavy atom. The Labute approximate surface area is 166 Å². The first-order valence-corrected chi connectivity index (χ1v) is 10.4. The second kappa shape index (κ2) is 7.24. The van der Waals surface area contributed by atoms with Crippen LogP contribution in [0.25, 0.3) is 22.3 Å². The highest BCUT2D eigenvalue weighted by atomic mass is 32.1. The van der Waals surface area contributed by atoms with Gasteiger partial charge < -0.3 is 14.4 Å². The summed E-state index contributed by atoms with van der Waals surface area (Å²) in [5, 5.41) is 9.16. The molecule has 6 nitrogen and oxygen atoms in total. The van der Waals surface area contributed by atoms with E-state index in [0.717, 1.165) is 35.9 Å². The first-order valence-electron chi connectivity index (χ1n) is 9.48. The molecule has 4 aromatic rings. The van der Waals surface area contributed by atoms with Crippen LogP contribution in [0.3, 0.4) is 0 Å². The molecule has 1 saturated heterocycles. The number of nitrogens with zero attached hydrogens (tertiary/aromatic N) is 3. The van der Waals surface area contributed by atoms with E-state index in [1.165, 1.54) is 0 Å². The number of carbonyl (C=O) groups is 1. The van der Waals surface area contributed by atoms with E-state index < -0.39 is 0 Å². The Hall–Kier alpha value is -2.93. The second-order valence-electron chi connectivity index (χ2n) is 7.26. The highest BCUT2D eigenvalue weighted by molar-refractivity contribution is 7.08. The van der Waals surface area contributed by atoms with E-state index in [1.54, 1.807) is 11.3 Å². The van der Waals surface area contributed by atoms with Crippen LogP contribution in [0.15, 0.2) is 51.7 Å². The van der Waals surface area contributed by atoms with Crippen LogP contribution < -0.4 is 0 Å². The largest absolute Gasteiger partial charge is 0.351 e. The number of benzene rings is 1. The van der Waals surface area contributed by atoms with Gasteiger partial charge in [-0.3, -0.25) is 4.79 Å². The lowest BCUT2D eigenvalue weighted by molar-refractivity contribution is 0.0663. The molecule has 1 amide bonds. The molecule has 28 heavy (non-hydrogen) atoms. The molecule has 142 valence electrons. The summed E-state index contributed by atoms with van der Waals surface area (Å²) in [4.78, 5) is 22.7. The third kappa shape index (κ3) is 3.33. The molecule has 0 saturated carbocycles. The van der Waals surface area contributed by atoms with Gasteiger partial charge in [-0.1, -0.05) is 23.4 Å². The van der Waals surface area contributed by atoms with Gasteiger partial charge in [0.25, 0.3) is 5.91 Å². The molecule has 5 rings (SSSR count). The molecule has 1 aromatic carbocycles. The lowest BCUT2D eigenvalue weighted by Crippen LogP contribution is -2.40. The number of nitrogens with one attached hydrogen (secondary N) is 1. The molecular formula is C21H20N4O2S. The molecule has 1 atom stereocenters. The molecule has 1 aliphatic rings. The van der Waals surface area contributed by atoms with Gasteiger partial charge in [0, 0.05) is 41.4 Å². The molecule has 1 unspecified atom stereocenters. The van der Waals surface area contributed by atoms with E-state index >= 15 is 0 Å². The summed E-state index contributed by atoms with van der Waals surface area (Å²) in [6, 6.07) is 11.9.